The second kappa shape index (κ2) is 8.05. The second-order valence-corrected chi connectivity index (χ2v) is 4.27. The van der Waals surface area contributed by atoms with E-state index in [-0.39, 0.29) is 6.10 Å². The highest BCUT2D eigenvalue weighted by atomic mass is 16.3. The van der Waals surface area contributed by atoms with Crippen molar-refractivity contribution >= 4 is 0 Å². The summed E-state index contributed by atoms with van der Waals surface area (Å²) in [4.78, 5) is 0. The van der Waals surface area contributed by atoms with Gasteiger partial charge in [-0.15, -0.1) is 0 Å². The van der Waals surface area contributed by atoms with E-state index in [9.17, 15) is 5.11 Å². The average Bonchev–Trinajstić information content (AvgIpc) is 2.17. The molecule has 0 fully saturated rings. The molecule has 2 atom stereocenters. The van der Waals surface area contributed by atoms with Crippen LogP contribution in [0.15, 0.2) is 11.6 Å². The molecule has 0 aromatic carbocycles. The van der Waals surface area contributed by atoms with E-state index in [1.807, 2.05) is 6.92 Å². The molecule has 0 rings (SSSR count). The van der Waals surface area contributed by atoms with Crippen LogP contribution in [0.2, 0.25) is 0 Å². The topological polar surface area (TPSA) is 20.2 Å². The highest BCUT2D eigenvalue weighted by Crippen LogP contribution is 2.18. The summed E-state index contributed by atoms with van der Waals surface area (Å²) in [5, 5.41) is 9.95. The van der Waals surface area contributed by atoms with Gasteiger partial charge in [0.1, 0.15) is 0 Å². The standard InChI is InChI=1S/C13H26O/c1-5-7-8-10-12(4)13(14)11(3)9-6-2/h9,12-14H,5-8,10H2,1-4H3. The number of allylic oxidation sites excluding steroid dienone is 1. The van der Waals surface area contributed by atoms with E-state index in [1.165, 1.54) is 19.3 Å². The monoisotopic (exact) mass is 198 g/mol. The maximum Gasteiger partial charge on any atom is 0.0772 e. The highest BCUT2D eigenvalue weighted by Gasteiger charge is 2.14. The summed E-state index contributed by atoms with van der Waals surface area (Å²) in [6, 6.07) is 0. The Morgan fingerprint density at radius 2 is 1.93 bits per heavy atom. The predicted octanol–water partition coefficient (Wildman–Crippen LogP) is 3.92. The summed E-state index contributed by atoms with van der Waals surface area (Å²) in [6.45, 7) is 8.50. The molecule has 0 bridgehead atoms. The molecular weight excluding hydrogens is 172 g/mol. The van der Waals surface area contributed by atoms with Crippen molar-refractivity contribution in [3.8, 4) is 0 Å². The predicted molar refractivity (Wildman–Crippen MR) is 63.4 cm³/mol. The lowest BCUT2D eigenvalue weighted by Crippen LogP contribution is -2.18. The Hall–Kier alpha value is -0.300. The van der Waals surface area contributed by atoms with Gasteiger partial charge in [-0.05, 0) is 31.3 Å². The average molecular weight is 198 g/mol. The molecule has 84 valence electrons. The number of hydrogen-bond acceptors (Lipinski definition) is 1. The van der Waals surface area contributed by atoms with Crippen LogP contribution in [0.25, 0.3) is 0 Å². The lowest BCUT2D eigenvalue weighted by Gasteiger charge is -2.19. The Kier molecular flexibility index (Phi) is 7.87. The molecule has 0 aliphatic heterocycles. The molecule has 2 unspecified atom stereocenters. The van der Waals surface area contributed by atoms with Crippen molar-refractivity contribution in [3.63, 3.8) is 0 Å². The van der Waals surface area contributed by atoms with Crippen molar-refractivity contribution in [3.05, 3.63) is 11.6 Å². The van der Waals surface area contributed by atoms with E-state index in [0.29, 0.717) is 5.92 Å². The van der Waals surface area contributed by atoms with E-state index in [0.717, 1.165) is 18.4 Å². The fraction of sp³-hybridized carbons (Fsp3) is 0.846. The third kappa shape index (κ3) is 5.43. The summed E-state index contributed by atoms with van der Waals surface area (Å²) in [5.74, 6) is 0.407. The fourth-order valence-electron chi connectivity index (χ4n) is 1.77. The quantitative estimate of drug-likeness (QED) is 0.485. The van der Waals surface area contributed by atoms with Crippen LogP contribution < -0.4 is 0 Å². The molecule has 0 amide bonds. The molecular formula is C13H26O. The van der Waals surface area contributed by atoms with Crippen molar-refractivity contribution in [1.29, 1.82) is 0 Å². The van der Waals surface area contributed by atoms with E-state index in [4.69, 9.17) is 0 Å². The molecule has 0 aliphatic rings. The first-order chi connectivity index (χ1) is 6.63. The lowest BCUT2D eigenvalue weighted by atomic mass is 9.92. The van der Waals surface area contributed by atoms with Crippen molar-refractivity contribution in [1.82, 2.24) is 0 Å². The van der Waals surface area contributed by atoms with Crippen LogP contribution in [0.5, 0.6) is 0 Å². The maximum absolute atomic E-state index is 9.95. The third-order valence-electron chi connectivity index (χ3n) is 2.79. The van der Waals surface area contributed by atoms with Gasteiger partial charge in [-0.3, -0.25) is 0 Å². The molecule has 0 aromatic rings. The summed E-state index contributed by atoms with van der Waals surface area (Å²) >= 11 is 0. The zero-order valence-electron chi connectivity index (χ0n) is 10.2. The van der Waals surface area contributed by atoms with Gasteiger partial charge >= 0.3 is 0 Å². The largest absolute Gasteiger partial charge is 0.388 e. The van der Waals surface area contributed by atoms with Crippen LogP contribution in [0.4, 0.5) is 0 Å². The number of hydrogen-bond donors (Lipinski definition) is 1. The molecule has 14 heavy (non-hydrogen) atoms. The molecule has 0 aromatic heterocycles. The Bertz CT molecular complexity index is 161. The number of rotatable bonds is 7. The maximum atomic E-state index is 9.95. The van der Waals surface area contributed by atoms with Gasteiger partial charge in [-0.2, -0.15) is 0 Å². The van der Waals surface area contributed by atoms with Gasteiger partial charge in [-0.25, -0.2) is 0 Å². The SMILES string of the molecule is CCC=C(C)C(O)C(C)CCCCC. The van der Waals surface area contributed by atoms with Gasteiger partial charge in [0.25, 0.3) is 0 Å². The van der Waals surface area contributed by atoms with Gasteiger partial charge in [-0.1, -0.05) is 46.1 Å². The van der Waals surface area contributed by atoms with Gasteiger partial charge in [0.2, 0.25) is 0 Å². The van der Waals surface area contributed by atoms with Crippen LogP contribution in [0.1, 0.15) is 59.8 Å². The molecule has 1 N–H and O–H groups in total. The van der Waals surface area contributed by atoms with Crippen molar-refractivity contribution in [2.24, 2.45) is 5.92 Å². The first-order valence-corrected chi connectivity index (χ1v) is 5.98. The zero-order chi connectivity index (χ0) is 11.0. The Labute approximate surface area is 89.2 Å². The van der Waals surface area contributed by atoms with Crippen LogP contribution in [0.3, 0.4) is 0 Å². The van der Waals surface area contributed by atoms with E-state index in [2.05, 4.69) is 26.8 Å². The molecule has 1 nitrogen and oxygen atoms in total. The van der Waals surface area contributed by atoms with Gasteiger partial charge < -0.3 is 5.11 Å². The van der Waals surface area contributed by atoms with E-state index >= 15 is 0 Å². The van der Waals surface area contributed by atoms with E-state index in [1.54, 1.807) is 0 Å². The Balaban J connectivity index is 3.85. The fourth-order valence-corrected chi connectivity index (χ4v) is 1.77. The summed E-state index contributed by atoms with van der Waals surface area (Å²) in [7, 11) is 0. The molecule has 0 aliphatic carbocycles. The van der Waals surface area contributed by atoms with Crippen LogP contribution in [0, 0.1) is 5.92 Å². The third-order valence-corrected chi connectivity index (χ3v) is 2.79. The first-order valence-electron chi connectivity index (χ1n) is 5.98. The van der Waals surface area contributed by atoms with Gasteiger partial charge in [0, 0.05) is 0 Å². The lowest BCUT2D eigenvalue weighted by molar-refractivity contribution is 0.143. The minimum absolute atomic E-state index is 0.230. The molecule has 1 heteroatoms. The molecule has 0 heterocycles. The number of unbranched alkanes of at least 4 members (excludes halogenated alkanes) is 2. The van der Waals surface area contributed by atoms with Crippen molar-refractivity contribution < 1.29 is 5.11 Å². The Morgan fingerprint density at radius 3 is 2.43 bits per heavy atom. The highest BCUT2D eigenvalue weighted by molar-refractivity contribution is 5.05. The molecule has 0 saturated heterocycles. The zero-order valence-corrected chi connectivity index (χ0v) is 10.2. The summed E-state index contributed by atoms with van der Waals surface area (Å²) in [6.07, 6.45) is 7.84. The smallest absolute Gasteiger partial charge is 0.0772 e. The van der Waals surface area contributed by atoms with Crippen LogP contribution in [-0.4, -0.2) is 11.2 Å². The summed E-state index contributed by atoms with van der Waals surface area (Å²) in [5.41, 5.74) is 1.14. The Morgan fingerprint density at radius 1 is 1.29 bits per heavy atom. The number of aliphatic hydroxyl groups is 1. The van der Waals surface area contributed by atoms with Gasteiger partial charge in [0.05, 0.1) is 6.10 Å². The first kappa shape index (κ1) is 13.7. The normalized spacial score (nSPS) is 16.8. The minimum atomic E-state index is -0.230. The number of aliphatic hydroxyl groups excluding tert-OH is 1. The van der Waals surface area contributed by atoms with Crippen LogP contribution >= 0.6 is 0 Å². The molecule has 0 saturated carbocycles. The molecule has 0 spiro atoms. The minimum Gasteiger partial charge on any atom is -0.388 e. The van der Waals surface area contributed by atoms with Crippen molar-refractivity contribution in [2.75, 3.05) is 0 Å². The van der Waals surface area contributed by atoms with Crippen LogP contribution in [-0.2, 0) is 0 Å². The molecule has 0 radical (unpaired) electrons. The van der Waals surface area contributed by atoms with E-state index < -0.39 is 0 Å². The van der Waals surface area contributed by atoms with Gasteiger partial charge in [0.15, 0.2) is 0 Å². The summed E-state index contributed by atoms with van der Waals surface area (Å²) < 4.78 is 0. The van der Waals surface area contributed by atoms with Crippen molar-refractivity contribution in [2.45, 2.75) is 65.9 Å². The second-order valence-electron chi connectivity index (χ2n) is 4.27.